The van der Waals surface area contributed by atoms with Crippen molar-refractivity contribution in [3.63, 3.8) is 0 Å². The van der Waals surface area contributed by atoms with Gasteiger partial charge in [0.15, 0.2) is 0 Å². The molecule has 2 unspecified atom stereocenters. The maximum absolute atomic E-state index is 12.6. The average Bonchev–Trinajstić information content (AvgIpc) is 2.45. The molecule has 2 rings (SSSR count). The number of anilines is 1. The van der Waals surface area contributed by atoms with Crippen molar-refractivity contribution in [2.45, 2.75) is 38.8 Å². The van der Waals surface area contributed by atoms with Gasteiger partial charge in [-0.15, -0.1) is 0 Å². The highest BCUT2D eigenvalue weighted by Crippen LogP contribution is 2.30. The fraction of sp³-hybridized carbons (Fsp3) is 0.500. The van der Waals surface area contributed by atoms with Gasteiger partial charge in [0.2, 0.25) is 5.91 Å². The van der Waals surface area contributed by atoms with Gasteiger partial charge in [-0.05, 0) is 45.4 Å². The summed E-state index contributed by atoms with van der Waals surface area (Å²) in [5, 5.41) is 9.02. The molecular formula is C16H22N2O3. The second-order valence-corrected chi connectivity index (χ2v) is 5.71. The van der Waals surface area contributed by atoms with Gasteiger partial charge in [-0.3, -0.25) is 14.5 Å². The Bertz CT molecular complexity index is 544. The summed E-state index contributed by atoms with van der Waals surface area (Å²) in [4.78, 5) is 27.0. The van der Waals surface area contributed by atoms with E-state index in [-0.39, 0.29) is 18.5 Å². The summed E-state index contributed by atoms with van der Waals surface area (Å²) in [6.45, 7) is 3.73. The Hall–Kier alpha value is -1.88. The van der Waals surface area contributed by atoms with E-state index >= 15 is 0 Å². The van der Waals surface area contributed by atoms with Crippen molar-refractivity contribution in [1.29, 1.82) is 0 Å². The Labute approximate surface area is 125 Å². The predicted octanol–water partition coefficient (Wildman–Crippen LogP) is 1.76. The van der Waals surface area contributed by atoms with E-state index in [0.29, 0.717) is 0 Å². The summed E-state index contributed by atoms with van der Waals surface area (Å²) in [6.07, 6.45) is 1.91. The number of aryl methyl sites for hydroxylation is 1. The quantitative estimate of drug-likeness (QED) is 0.918. The third kappa shape index (κ3) is 3.24. The average molecular weight is 290 g/mol. The van der Waals surface area contributed by atoms with Crippen LogP contribution in [0.2, 0.25) is 0 Å². The highest BCUT2D eigenvalue weighted by Gasteiger charge is 2.29. The first kappa shape index (κ1) is 15.5. The molecule has 0 radical (unpaired) electrons. The molecule has 1 N–H and O–H groups in total. The number of amides is 1. The number of hydrogen-bond donors (Lipinski definition) is 1. The summed E-state index contributed by atoms with van der Waals surface area (Å²) in [5.41, 5.74) is 2.13. The smallest absolute Gasteiger partial charge is 0.320 e. The maximum Gasteiger partial charge on any atom is 0.320 e. The Morgan fingerprint density at radius 3 is 2.76 bits per heavy atom. The van der Waals surface area contributed by atoms with Crippen LogP contribution in [0.4, 0.5) is 5.69 Å². The number of hydrogen-bond acceptors (Lipinski definition) is 3. The van der Waals surface area contributed by atoms with Crippen LogP contribution in [-0.2, 0) is 16.0 Å². The SMILES string of the molecule is CC(C(=O)O)N(C)CC(=O)N1c2ccccc2CCC1C. The van der Waals surface area contributed by atoms with E-state index in [9.17, 15) is 9.59 Å². The first-order chi connectivity index (χ1) is 9.91. The summed E-state index contributed by atoms with van der Waals surface area (Å²) < 4.78 is 0. The third-order valence-electron chi connectivity index (χ3n) is 4.20. The van der Waals surface area contributed by atoms with Gasteiger partial charge in [0.25, 0.3) is 0 Å². The number of likely N-dealkylation sites (N-methyl/N-ethyl adjacent to an activating group) is 1. The number of carbonyl (C=O) groups excluding carboxylic acids is 1. The molecular weight excluding hydrogens is 268 g/mol. The van der Waals surface area contributed by atoms with Crippen LogP contribution in [0.25, 0.3) is 0 Å². The number of para-hydroxylation sites is 1. The van der Waals surface area contributed by atoms with Crippen molar-refractivity contribution in [3.8, 4) is 0 Å². The van der Waals surface area contributed by atoms with Gasteiger partial charge in [-0.1, -0.05) is 18.2 Å². The van der Waals surface area contributed by atoms with Gasteiger partial charge in [0, 0.05) is 11.7 Å². The molecule has 0 saturated carbocycles. The number of nitrogens with zero attached hydrogens (tertiary/aromatic N) is 2. The van der Waals surface area contributed by atoms with E-state index in [1.165, 1.54) is 5.56 Å². The summed E-state index contributed by atoms with van der Waals surface area (Å²) in [5.74, 6) is -0.970. The second kappa shape index (κ2) is 6.26. The lowest BCUT2D eigenvalue weighted by Gasteiger charge is -2.36. The van der Waals surface area contributed by atoms with Crippen LogP contribution in [0.1, 0.15) is 25.8 Å². The molecule has 21 heavy (non-hydrogen) atoms. The minimum absolute atomic E-state index is 0.0507. The highest BCUT2D eigenvalue weighted by atomic mass is 16.4. The van der Waals surface area contributed by atoms with E-state index in [4.69, 9.17) is 5.11 Å². The maximum atomic E-state index is 12.6. The zero-order chi connectivity index (χ0) is 15.6. The first-order valence-electron chi connectivity index (χ1n) is 7.24. The third-order valence-corrected chi connectivity index (χ3v) is 4.20. The normalized spacial score (nSPS) is 19.2. The number of carboxylic acid groups (broad SMARTS) is 1. The zero-order valence-corrected chi connectivity index (χ0v) is 12.7. The van der Waals surface area contributed by atoms with Crippen molar-refractivity contribution in [2.75, 3.05) is 18.5 Å². The van der Waals surface area contributed by atoms with E-state index in [0.717, 1.165) is 18.5 Å². The van der Waals surface area contributed by atoms with Gasteiger partial charge in [-0.25, -0.2) is 0 Å². The van der Waals surface area contributed by atoms with E-state index in [1.807, 2.05) is 36.1 Å². The van der Waals surface area contributed by atoms with Gasteiger partial charge >= 0.3 is 5.97 Å². The Morgan fingerprint density at radius 2 is 2.10 bits per heavy atom. The van der Waals surface area contributed by atoms with Crippen LogP contribution in [0.5, 0.6) is 0 Å². The summed E-state index contributed by atoms with van der Waals surface area (Å²) >= 11 is 0. The summed E-state index contributed by atoms with van der Waals surface area (Å²) in [7, 11) is 1.66. The molecule has 5 heteroatoms. The predicted molar refractivity (Wildman–Crippen MR) is 81.4 cm³/mol. The summed E-state index contributed by atoms with van der Waals surface area (Å²) in [6, 6.07) is 7.39. The monoisotopic (exact) mass is 290 g/mol. The fourth-order valence-electron chi connectivity index (χ4n) is 2.68. The lowest BCUT2D eigenvalue weighted by atomic mass is 9.96. The van der Waals surface area contributed by atoms with Crippen LogP contribution in [0.15, 0.2) is 24.3 Å². The van der Waals surface area contributed by atoms with Crippen molar-refractivity contribution >= 4 is 17.6 Å². The molecule has 1 heterocycles. The van der Waals surface area contributed by atoms with E-state index in [1.54, 1.807) is 18.9 Å². The minimum atomic E-state index is -0.919. The van der Waals surface area contributed by atoms with Gasteiger partial charge in [-0.2, -0.15) is 0 Å². The molecule has 1 aromatic rings. The van der Waals surface area contributed by atoms with Crippen LogP contribution in [0, 0.1) is 0 Å². The van der Waals surface area contributed by atoms with Crippen LogP contribution in [-0.4, -0.2) is 47.6 Å². The molecule has 1 amide bonds. The standard InChI is InChI=1S/C16H22N2O3/c1-11-8-9-13-6-4-5-7-14(13)18(11)15(19)10-17(3)12(2)16(20)21/h4-7,11-12H,8-10H2,1-3H3,(H,20,21). The second-order valence-electron chi connectivity index (χ2n) is 5.71. The van der Waals surface area contributed by atoms with E-state index in [2.05, 4.69) is 0 Å². The van der Waals surface area contributed by atoms with E-state index < -0.39 is 12.0 Å². The van der Waals surface area contributed by atoms with Crippen LogP contribution in [0.3, 0.4) is 0 Å². The number of fused-ring (bicyclic) bond motifs is 1. The minimum Gasteiger partial charge on any atom is -0.480 e. The highest BCUT2D eigenvalue weighted by molar-refractivity contribution is 5.96. The molecule has 0 fully saturated rings. The molecule has 5 nitrogen and oxygen atoms in total. The molecule has 1 aliphatic rings. The Kier molecular flexibility index (Phi) is 4.63. The molecule has 1 aliphatic heterocycles. The lowest BCUT2D eigenvalue weighted by Crippen LogP contribution is -2.49. The van der Waals surface area contributed by atoms with Crippen molar-refractivity contribution in [2.24, 2.45) is 0 Å². The molecule has 2 atom stereocenters. The zero-order valence-electron chi connectivity index (χ0n) is 12.7. The molecule has 0 aliphatic carbocycles. The Morgan fingerprint density at radius 1 is 1.43 bits per heavy atom. The lowest BCUT2D eigenvalue weighted by molar-refractivity contribution is -0.142. The molecule has 1 aromatic carbocycles. The molecule has 0 aromatic heterocycles. The molecule has 0 bridgehead atoms. The van der Waals surface area contributed by atoms with Gasteiger partial charge in [0.05, 0.1) is 6.54 Å². The fourth-order valence-corrected chi connectivity index (χ4v) is 2.68. The molecule has 114 valence electrons. The largest absolute Gasteiger partial charge is 0.480 e. The number of rotatable bonds is 4. The number of carbonyl (C=O) groups is 2. The van der Waals surface area contributed by atoms with Crippen molar-refractivity contribution in [1.82, 2.24) is 4.90 Å². The van der Waals surface area contributed by atoms with Crippen LogP contribution < -0.4 is 4.90 Å². The number of benzene rings is 1. The number of aliphatic carboxylic acids is 1. The Balaban J connectivity index is 2.17. The van der Waals surface area contributed by atoms with Crippen molar-refractivity contribution < 1.29 is 14.7 Å². The van der Waals surface area contributed by atoms with Crippen molar-refractivity contribution in [3.05, 3.63) is 29.8 Å². The van der Waals surface area contributed by atoms with Gasteiger partial charge < -0.3 is 10.0 Å². The van der Waals surface area contributed by atoms with Crippen LogP contribution >= 0.6 is 0 Å². The molecule has 0 saturated heterocycles. The first-order valence-corrected chi connectivity index (χ1v) is 7.24. The van der Waals surface area contributed by atoms with Gasteiger partial charge in [0.1, 0.15) is 6.04 Å². The number of carboxylic acids is 1. The topological polar surface area (TPSA) is 60.9 Å². The molecule has 0 spiro atoms.